The van der Waals surface area contributed by atoms with E-state index in [0.29, 0.717) is 18.9 Å². The highest BCUT2D eigenvalue weighted by molar-refractivity contribution is 7.89. The van der Waals surface area contributed by atoms with Crippen LogP contribution in [0.25, 0.3) is 5.69 Å². The van der Waals surface area contributed by atoms with Gasteiger partial charge in [0, 0.05) is 19.0 Å². The van der Waals surface area contributed by atoms with Crippen molar-refractivity contribution >= 4 is 10.0 Å². The molecular formula is C15H20N4O3S. The fourth-order valence-electron chi connectivity index (χ4n) is 3.00. The van der Waals surface area contributed by atoms with Crippen molar-refractivity contribution in [3.63, 3.8) is 0 Å². The molecule has 2 aromatic rings. The van der Waals surface area contributed by atoms with Crippen molar-refractivity contribution in [2.45, 2.75) is 25.7 Å². The van der Waals surface area contributed by atoms with Crippen LogP contribution in [0.4, 0.5) is 0 Å². The molecule has 1 aromatic heterocycles. The number of hydrogen-bond donors (Lipinski definition) is 1. The number of aromatic nitrogens is 3. The summed E-state index contributed by atoms with van der Waals surface area (Å²) < 4.78 is 27.3. The minimum atomic E-state index is -3.22. The van der Waals surface area contributed by atoms with Crippen molar-refractivity contribution in [2.75, 3.05) is 18.8 Å². The first-order valence-electron chi connectivity index (χ1n) is 7.73. The van der Waals surface area contributed by atoms with Crippen LogP contribution >= 0.6 is 0 Å². The number of hydrogen-bond acceptors (Lipinski definition) is 4. The maximum absolute atomic E-state index is 12.1. The molecule has 1 atom stereocenters. The largest absolute Gasteiger partial charge is 0.347 e. The first kappa shape index (κ1) is 15.9. The third-order valence-electron chi connectivity index (χ3n) is 4.22. The second-order valence-electron chi connectivity index (χ2n) is 5.66. The van der Waals surface area contributed by atoms with E-state index in [1.54, 1.807) is 6.92 Å². The van der Waals surface area contributed by atoms with Crippen LogP contribution in [0.2, 0.25) is 0 Å². The zero-order valence-electron chi connectivity index (χ0n) is 13.0. The fourth-order valence-corrected chi connectivity index (χ4v) is 4.18. The Morgan fingerprint density at radius 2 is 2.04 bits per heavy atom. The zero-order valence-corrected chi connectivity index (χ0v) is 13.8. The Balaban J connectivity index is 1.96. The van der Waals surface area contributed by atoms with Gasteiger partial charge >= 0.3 is 5.69 Å². The highest BCUT2D eigenvalue weighted by Gasteiger charge is 2.31. The van der Waals surface area contributed by atoms with E-state index in [1.165, 1.54) is 8.87 Å². The molecule has 1 saturated heterocycles. The predicted octanol–water partition coefficient (Wildman–Crippen LogP) is 1.09. The van der Waals surface area contributed by atoms with Crippen molar-refractivity contribution in [2.24, 2.45) is 0 Å². The average Bonchev–Trinajstić information content (AvgIpc) is 2.97. The van der Waals surface area contributed by atoms with E-state index in [9.17, 15) is 13.2 Å². The summed E-state index contributed by atoms with van der Waals surface area (Å²) in [6, 6.07) is 9.26. The quantitative estimate of drug-likeness (QED) is 0.905. The number of benzene rings is 1. The molecule has 8 heteroatoms. The van der Waals surface area contributed by atoms with Crippen LogP contribution in [-0.4, -0.2) is 46.3 Å². The van der Waals surface area contributed by atoms with Crippen molar-refractivity contribution in [1.29, 1.82) is 0 Å². The minimum Gasteiger partial charge on any atom is -0.247 e. The van der Waals surface area contributed by atoms with Crippen LogP contribution < -0.4 is 5.69 Å². The third kappa shape index (κ3) is 3.09. The maximum atomic E-state index is 12.1. The Labute approximate surface area is 135 Å². The number of sulfonamides is 1. The van der Waals surface area contributed by atoms with Gasteiger partial charge in [0.25, 0.3) is 0 Å². The second-order valence-corrected chi connectivity index (χ2v) is 7.91. The van der Waals surface area contributed by atoms with Crippen LogP contribution in [0.1, 0.15) is 31.5 Å². The summed E-state index contributed by atoms with van der Waals surface area (Å²) in [7, 11) is -3.22. The summed E-state index contributed by atoms with van der Waals surface area (Å²) in [4.78, 5) is 12.1. The van der Waals surface area contributed by atoms with Gasteiger partial charge in [0.2, 0.25) is 10.0 Å². The highest BCUT2D eigenvalue weighted by atomic mass is 32.2. The minimum absolute atomic E-state index is 0.0891. The lowest BCUT2D eigenvalue weighted by Crippen LogP contribution is -2.40. The molecule has 7 nitrogen and oxygen atoms in total. The van der Waals surface area contributed by atoms with E-state index in [0.717, 1.165) is 18.5 Å². The number of H-pyrrole nitrogens is 1. The number of aromatic amines is 1. The number of nitrogens with zero attached hydrogens (tertiary/aromatic N) is 3. The van der Waals surface area contributed by atoms with Gasteiger partial charge in [0.15, 0.2) is 0 Å². The molecule has 0 unspecified atom stereocenters. The highest BCUT2D eigenvalue weighted by Crippen LogP contribution is 2.27. The first-order valence-corrected chi connectivity index (χ1v) is 9.34. The fraction of sp³-hybridized carbons (Fsp3) is 0.467. The Morgan fingerprint density at radius 1 is 1.30 bits per heavy atom. The van der Waals surface area contributed by atoms with E-state index in [1.807, 2.05) is 30.3 Å². The molecule has 0 spiro atoms. The number of rotatable bonds is 4. The Kier molecular flexibility index (Phi) is 4.36. The van der Waals surface area contributed by atoms with E-state index >= 15 is 0 Å². The number of nitrogens with one attached hydrogen (secondary N) is 1. The van der Waals surface area contributed by atoms with Gasteiger partial charge in [0.05, 0.1) is 11.4 Å². The molecule has 1 aliphatic heterocycles. The van der Waals surface area contributed by atoms with E-state index in [2.05, 4.69) is 10.2 Å². The lowest BCUT2D eigenvalue weighted by Gasteiger charge is -2.31. The molecule has 1 aliphatic rings. The van der Waals surface area contributed by atoms with Gasteiger partial charge in [0.1, 0.15) is 5.82 Å². The summed E-state index contributed by atoms with van der Waals surface area (Å²) in [6.45, 7) is 2.55. The SMILES string of the molecule is CCS(=O)(=O)N1CCC[C@H](c2n[nH]c(=O)n2-c2ccccc2)C1. The number of para-hydroxylation sites is 1. The molecule has 1 N–H and O–H groups in total. The van der Waals surface area contributed by atoms with Gasteiger partial charge in [-0.05, 0) is 31.9 Å². The first-order chi connectivity index (χ1) is 11.0. The van der Waals surface area contributed by atoms with Gasteiger partial charge in [-0.2, -0.15) is 5.10 Å². The molecule has 0 amide bonds. The topological polar surface area (TPSA) is 88.1 Å². The van der Waals surface area contributed by atoms with Crippen molar-refractivity contribution in [3.8, 4) is 5.69 Å². The van der Waals surface area contributed by atoms with Crippen LogP contribution in [0.15, 0.2) is 35.1 Å². The van der Waals surface area contributed by atoms with Crippen LogP contribution in [0, 0.1) is 0 Å². The van der Waals surface area contributed by atoms with Crippen LogP contribution in [0.3, 0.4) is 0 Å². The van der Waals surface area contributed by atoms with Crippen molar-refractivity contribution < 1.29 is 8.42 Å². The molecule has 0 radical (unpaired) electrons. The van der Waals surface area contributed by atoms with Gasteiger partial charge in [-0.3, -0.25) is 0 Å². The van der Waals surface area contributed by atoms with Crippen LogP contribution in [0.5, 0.6) is 0 Å². The molecule has 3 rings (SSSR count). The lowest BCUT2D eigenvalue weighted by atomic mass is 9.98. The molecular weight excluding hydrogens is 316 g/mol. The molecule has 1 fully saturated rings. The molecule has 2 heterocycles. The molecule has 23 heavy (non-hydrogen) atoms. The van der Waals surface area contributed by atoms with Gasteiger partial charge in [-0.1, -0.05) is 18.2 Å². The summed E-state index contributed by atoms with van der Waals surface area (Å²) in [5, 5.41) is 6.65. The smallest absolute Gasteiger partial charge is 0.247 e. The van der Waals surface area contributed by atoms with E-state index in [-0.39, 0.29) is 17.4 Å². The Hall–Kier alpha value is -1.93. The molecule has 124 valence electrons. The van der Waals surface area contributed by atoms with Crippen molar-refractivity contribution in [1.82, 2.24) is 19.1 Å². The Morgan fingerprint density at radius 3 is 2.74 bits per heavy atom. The average molecular weight is 336 g/mol. The molecule has 0 bridgehead atoms. The summed E-state index contributed by atoms with van der Waals surface area (Å²) >= 11 is 0. The van der Waals surface area contributed by atoms with Gasteiger partial charge in [-0.15, -0.1) is 0 Å². The monoisotopic (exact) mass is 336 g/mol. The summed E-state index contributed by atoms with van der Waals surface area (Å²) in [5.41, 5.74) is 0.429. The molecule has 0 aliphatic carbocycles. The normalized spacial score (nSPS) is 19.8. The van der Waals surface area contributed by atoms with Crippen LogP contribution in [-0.2, 0) is 10.0 Å². The van der Waals surface area contributed by atoms with E-state index in [4.69, 9.17) is 0 Å². The summed E-state index contributed by atoms with van der Waals surface area (Å²) in [5.74, 6) is 0.590. The van der Waals surface area contributed by atoms with Gasteiger partial charge < -0.3 is 0 Å². The second kappa shape index (κ2) is 6.29. The predicted molar refractivity (Wildman–Crippen MR) is 87.2 cm³/mol. The van der Waals surface area contributed by atoms with Gasteiger partial charge in [-0.25, -0.2) is 27.2 Å². The standard InChI is InChI=1S/C15H20N4O3S/c1-2-23(21,22)18-10-6-7-12(11-18)14-16-17-15(20)19(14)13-8-4-3-5-9-13/h3-5,8-9,12H,2,6-7,10-11H2,1H3,(H,17,20)/t12-/m0/s1. The maximum Gasteiger partial charge on any atom is 0.347 e. The lowest BCUT2D eigenvalue weighted by molar-refractivity contribution is 0.308. The zero-order chi connectivity index (χ0) is 16.4. The number of piperidine rings is 1. The van der Waals surface area contributed by atoms with Crippen molar-refractivity contribution in [3.05, 3.63) is 46.6 Å². The molecule has 1 aromatic carbocycles. The molecule has 0 saturated carbocycles. The summed E-state index contributed by atoms with van der Waals surface area (Å²) in [6.07, 6.45) is 1.58. The third-order valence-corrected chi connectivity index (χ3v) is 6.07. The Bertz CT molecular complexity index is 826. The van der Waals surface area contributed by atoms with E-state index < -0.39 is 10.0 Å².